The molecule has 1 aromatic heterocycles. The van der Waals surface area contributed by atoms with Gasteiger partial charge in [-0.15, -0.1) is 0 Å². The van der Waals surface area contributed by atoms with Gasteiger partial charge in [0.2, 0.25) is 0 Å². The Bertz CT molecular complexity index is 1190. The summed E-state index contributed by atoms with van der Waals surface area (Å²) in [5.74, 6) is 0.858. The highest BCUT2D eigenvalue weighted by atomic mass is 16.6. The van der Waals surface area contributed by atoms with Crippen LogP contribution in [0.1, 0.15) is 39.3 Å². The van der Waals surface area contributed by atoms with E-state index in [0.717, 1.165) is 29.7 Å². The van der Waals surface area contributed by atoms with Gasteiger partial charge in [-0.05, 0) is 51.5 Å². The molecule has 0 amide bonds. The highest BCUT2D eigenvalue weighted by molar-refractivity contribution is 5.96. The number of fused-ring (bicyclic) bond motifs is 1. The lowest BCUT2D eigenvalue weighted by molar-refractivity contribution is -0.157. The van der Waals surface area contributed by atoms with Crippen LogP contribution >= 0.6 is 0 Å². The number of nitrogens with one attached hydrogen (secondary N) is 1. The number of esters is 1. The van der Waals surface area contributed by atoms with Crippen molar-refractivity contribution in [3.63, 3.8) is 0 Å². The number of phenolic OH excluding ortho intramolecular Hbond substituents is 1. The minimum absolute atomic E-state index is 0.127. The van der Waals surface area contributed by atoms with Gasteiger partial charge in [0.05, 0.1) is 19.3 Å². The third-order valence-corrected chi connectivity index (χ3v) is 5.55. The molecule has 4 rings (SSSR count). The van der Waals surface area contributed by atoms with Crippen molar-refractivity contribution in [2.75, 3.05) is 43.1 Å². The van der Waals surface area contributed by atoms with E-state index in [9.17, 15) is 9.90 Å². The topological polar surface area (TPSA) is 106 Å². The van der Waals surface area contributed by atoms with Crippen molar-refractivity contribution in [1.29, 1.82) is 0 Å². The van der Waals surface area contributed by atoms with E-state index in [4.69, 9.17) is 14.2 Å². The summed E-state index contributed by atoms with van der Waals surface area (Å²) in [6.07, 6.45) is 1.47. The van der Waals surface area contributed by atoms with E-state index in [-0.39, 0.29) is 18.4 Å². The van der Waals surface area contributed by atoms with Gasteiger partial charge in [-0.2, -0.15) is 0 Å². The predicted molar refractivity (Wildman–Crippen MR) is 134 cm³/mol. The second-order valence-electron chi connectivity index (χ2n) is 9.50. The van der Waals surface area contributed by atoms with Crippen LogP contribution in [0.3, 0.4) is 0 Å². The van der Waals surface area contributed by atoms with E-state index in [0.29, 0.717) is 30.3 Å². The number of carbonyl (C=O) groups excluding carboxylic acids is 1. The highest BCUT2D eigenvalue weighted by Crippen LogP contribution is 2.35. The molecule has 35 heavy (non-hydrogen) atoms. The van der Waals surface area contributed by atoms with Gasteiger partial charge in [0, 0.05) is 30.2 Å². The minimum atomic E-state index is -0.598. The molecule has 3 aromatic rings. The fourth-order valence-electron chi connectivity index (χ4n) is 3.94. The SMILES string of the molecule is C[C@@H](Nc1ncnc2c(OCC(=O)OC(C)(C)C)cc(N3CCOCC3)cc12)c1cccc(O)c1. The molecule has 1 aliphatic heterocycles. The molecule has 0 unspecified atom stereocenters. The second kappa shape index (κ2) is 10.4. The van der Waals surface area contributed by atoms with Crippen molar-refractivity contribution in [2.24, 2.45) is 0 Å². The average Bonchev–Trinajstić information content (AvgIpc) is 2.82. The summed E-state index contributed by atoms with van der Waals surface area (Å²) < 4.78 is 16.8. The standard InChI is InChI=1S/C26H32N4O5/c1-17(18-6-5-7-20(31)12-18)29-25-21-13-19(30-8-10-33-11-9-30)14-22(24(21)27-16-28-25)34-15-23(32)35-26(2,3)4/h5-7,12-14,16-17,31H,8-11,15H2,1-4H3,(H,27,28,29)/t17-/m1/s1. The van der Waals surface area contributed by atoms with E-state index in [1.165, 1.54) is 6.33 Å². The number of hydrogen-bond acceptors (Lipinski definition) is 9. The van der Waals surface area contributed by atoms with Gasteiger partial charge < -0.3 is 29.5 Å². The Morgan fingerprint density at radius 2 is 1.97 bits per heavy atom. The molecular formula is C26H32N4O5. The number of benzene rings is 2. The van der Waals surface area contributed by atoms with Gasteiger partial charge in [-0.3, -0.25) is 0 Å². The molecule has 1 aliphatic rings. The number of morpholine rings is 1. The summed E-state index contributed by atoms with van der Waals surface area (Å²) in [6.45, 7) is 9.98. The summed E-state index contributed by atoms with van der Waals surface area (Å²) in [6, 6.07) is 10.9. The molecule has 0 spiro atoms. The smallest absolute Gasteiger partial charge is 0.344 e. The first kappa shape index (κ1) is 24.5. The Hall–Kier alpha value is -3.59. The third kappa shape index (κ3) is 6.30. The summed E-state index contributed by atoms with van der Waals surface area (Å²) in [4.78, 5) is 23.5. The van der Waals surface area contributed by atoms with Crippen molar-refractivity contribution < 1.29 is 24.1 Å². The maximum atomic E-state index is 12.3. The normalized spacial score (nSPS) is 15.0. The number of aromatic nitrogens is 2. The lowest BCUT2D eigenvalue weighted by Crippen LogP contribution is -2.36. The Balaban J connectivity index is 1.68. The molecule has 2 aromatic carbocycles. The van der Waals surface area contributed by atoms with Crippen molar-refractivity contribution in [2.45, 2.75) is 39.3 Å². The van der Waals surface area contributed by atoms with Crippen LogP contribution in [0.15, 0.2) is 42.7 Å². The summed E-state index contributed by atoms with van der Waals surface area (Å²) in [7, 11) is 0. The Kier molecular flexibility index (Phi) is 7.25. The molecule has 0 saturated carbocycles. The fraction of sp³-hybridized carbons (Fsp3) is 0.423. The van der Waals surface area contributed by atoms with Gasteiger partial charge in [-0.25, -0.2) is 14.8 Å². The van der Waals surface area contributed by atoms with Crippen LogP contribution in [0.25, 0.3) is 10.9 Å². The molecular weight excluding hydrogens is 448 g/mol. The van der Waals surface area contributed by atoms with Crippen molar-refractivity contribution >= 4 is 28.4 Å². The van der Waals surface area contributed by atoms with E-state index >= 15 is 0 Å². The zero-order valence-corrected chi connectivity index (χ0v) is 20.6. The fourth-order valence-corrected chi connectivity index (χ4v) is 3.94. The highest BCUT2D eigenvalue weighted by Gasteiger charge is 2.21. The molecule has 1 saturated heterocycles. The van der Waals surface area contributed by atoms with Crippen molar-refractivity contribution in [3.8, 4) is 11.5 Å². The number of rotatable bonds is 7. The van der Waals surface area contributed by atoms with E-state index in [1.54, 1.807) is 18.2 Å². The van der Waals surface area contributed by atoms with Gasteiger partial charge in [0.25, 0.3) is 0 Å². The summed E-state index contributed by atoms with van der Waals surface area (Å²) in [5, 5.41) is 14.1. The first-order chi connectivity index (χ1) is 16.7. The van der Waals surface area contributed by atoms with Crippen LogP contribution in [0.2, 0.25) is 0 Å². The Morgan fingerprint density at radius 3 is 2.69 bits per heavy atom. The Morgan fingerprint density at radius 1 is 1.20 bits per heavy atom. The first-order valence-corrected chi connectivity index (χ1v) is 11.7. The molecule has 1 fully saturated rings. The lowest BCUT2D eigenvalue weighted by Gasteiger charge is -2.29. The van der Waals surface area contributed by atoms with Gasteiger partial charge in [0.1, 0.15) is 34.8 Å². The maximum Gasteiger partial charge on any atom is 0.344 e. The van der Waals surface area contributed by atoms with E-state index in [1.807, 2.05) is 45.9 Å². The molecule has 1 atom stereocenters. The molecule has 2 N–H and O–H groups in total. The maximum absolute atomic E-state index is 12.3. The molecule has 2 heterocycles. The lowest BCUT2D eigenvalue weighted by atomic mass is 10.1. The average molecular weight is 481 g/mol. The number of nitrogens with zero attached hydrogens (tertiary/aromatic N) is 3. The van der Waals surface area contributed by atoms with Crippen LogP contribution in [0.4, 0.5) is 11.5 Å². The van der Waals surface area contributed by atoms with Gasteiger partial charge in [0.15, 0.2) is 6.61 Å². The summed E-state index contributed by atoms with van der Waals surface area (Å²) in [5.41, 5.74) is 1.84. The molecule has 0 radical (unpaired) electrons. The first-order valence-electron chi connectivity index (χ1n) is 11.7. The van der Waals surface area contributed by atoms with E-state index < -0.39 is 11.6 Å². The molecule has 9 heteroatoms. The second-order valence-corrected chi connectivity index (χ2v) is 9.50. The van der Waals surface area contributed by atoms with Gasteiger partial charge in [-0.1, -0.05) is 12.1 Å². The number of hydrogen-bond donors (Lipinski definition) is 2. The van der Waals surface area contributed by atoms with Crippen LogP contribution < -0.4 is 15.0 Å². The zero-order valence-electron chi connectivity index (χ0n) is 20.6. The monoisotopic (exact) mass is 480 g/mol. The van der Waals surface area contributed by atoms with E-state index in [2.05, 4.69) is 20.2 Å². The summed E-state index contributed by atoms with van der Waals surface area (Å²) >= 11 is 0. The molecule has 0 bridgehead atoms. The van der Waals surface area contributed by atoms with Crippen molar-refractivity contribution in [3.05, 3.63) is 48.3 Å². The molecule has 0 aliphatic carbocycles. The van der Waals surface area contributed by atoms with Gasteiger partial charge >= 0.3 is 5.97 Å². The number of phenols is 1. The molecule has 186 valence electrons. The van der Waals surface area contributed by atoms with Crippen LogP contribution in [0, 0.1) is 0 Å². The van der Waals surface area contributed by atoms with Crippen LogP contribution in [-0.2, 0) is 14.3 Å². The number of anilines is 2. The van der Waals surface area contributed by atoms with Crippen LogP contribution in [0.5, 0.6) is 11.5 Å². The van der Waals surface area contributed by atoms with Crippen molar-refractivity contribution in [1.82, 2.24) is 9.97 Å². The van der Waals surface area contributed by atoms with Crippen LogP contribution in [-0.4, -0.2) is 59.6 Å². The minimum Gasteiger partial charge on any atom is -0.508 e. The number of ether oxygens (including phenoxy) is 3. The quantitative estimate of drug-likeness (QED) is 0.484. The predicted octanol–water partition coefficient (Wildman–Crippen LogP) is 4.07. The molecule has 9 nitrogen and oxygen atoms in total. The largest absolute Gasteiger partial charge is 0.508 e. The zero-order chi connectivity index (χ0) is 25.0. The third-order valence-electron chi connectivity index (χ3n) is 5.55. The number of carbonyl (C=O) groups is 1. The Labute approximate surface area is 205 Å². The number of aromatic hydroxyl groups is 1.